The van der Waals surface area contributed by atoms with Crippen LogP contribution in [0, 0.1) is 0 Å². The maximum absolute atomic E-state index is 12.2. The van der Waals surface area contributed by atoms with Crippen LogP contribution in [0.2, 0.25) is 0 Å². The van der Waals surface area contributed by atoms with E-state index < -0.39 is 21.5 Å². The van der Waals surface area contributed by atoms with Crippen LogP contribution in [0.4, 0.5) is 0 Å². The molecule has 0 fully saturated rings. The average molecular weight is 301 g/mol. The van der Waals surface area contributed by atoms with Gasteiger partial charge in [0, 0.05) is 12.1 Å². The van der Waals surface area contributed by atoms with Gasteiger partial charge in [0.2, 0.25) is 10.0 Å². The van der Waals surface area contributed by atoms with Gasteiger partial charge in [-0.2, -0.15) is 0 Å². The molecule has 0 spiro atoms. The van der Waals surface area contributed by atoms with Gasteiger partial charge in [-0.1, -0.05) is 0 Å². The summed E-state index contributed by atoms with van der Waals surface area (Å²) in [5.74, 6) is -0.525. The Labute approximate surface area is 118 Å². The lowest BCUT2D eigenvalue weighted by Gasteiger charge is -2.25. The van der Waals surface area contributed by atoms with Crippen molar-refractivity contribution in [2.75, 3.05) is 13.7 Å². The summed E-state index contributed by atoms with van der Waals surface area (Å²) in [6.07, 6.45) is 0.298. The number of benzene rings is 1. The highest BCUT2D eigenvalue weighted by Crippen LogP contribution is 2.16. The molecule has 1 aromatic carbocycles. The van der Waals surface area contributed by atoms with Crippen LogP contribution in [-0.2, 0) is 14.8 Å². The number of carbonyl (C=O) groups is 1. The van der Waals surface area contributed by atoms with E-state index in [4.69, 9.17) is 5.11 Å². The van der Waals surface area contributed by atoms with E-state index in [1.807, 2.05) is 0 Å². The normalized spacial score (nSPS) is 12.2. The van der Waals surface area contributed by atoms with Gasteiger partial charge in [-0.3, -0.25) is 0 Å². The average Bonchev–Trinajstić information content (AvgIpc) is 2.36. The Bertz CT molecular complexity index is 563. The number of hydrogen-bond acceptors (Lipinski definition) is 5. The lowest BCUT2D eigenvalue weighted by Crippen LogP contribution is -2.43. The largest absolute Gasteiger partial charge is 0.465 e. The van der Waals surface area contributed by atoms with Crippen LogP contribution in [0.3, 0.4) is 0 Å². The van der Waals surface area contributed by atoms with Gasteiger partial charge in [-0.25, -0.2) is 17.9 Å². The summed E-state index contributed by atoms with van der Waals surface area (Å²) in [7, 11) is -2.45. The fourth-order valence-electron chi connectivity index (χ4n) is 1.64. The summed E-state index contributed by atoms with van der Waals surface area (Å²) >= 11 is 0. The van der Waals surface area contributed by atoms with Crippen molar-refractivity contribution >= 4 is 16.0 Å². The summed E-state index contributed by atoms with van der Waals surface area (Å²) in [6.45, 7) is 3.25. The first kappa shape index (κ1) is 16.6. The lowest BCUT2D eigenvalue weighted by molar-refractivity contribution is 0.0600. The predicted octanol–water partition coefficient (Wildman–Crippen LogP) is 0.912. The van der Waals surface area contributed by atoms with Crippen LogP contribution in [-0.4, -0.2) is 38.7 Å². The van der Waals surface area contributed by atoms with Gasteiger partial charge in [-0.15, -0.1) is 0 Å². The molecule has 6 nitrogen and oxygen atoms in total. The first-order valence-corrected chi connectivity index (χ1v) is 7.53. The van der Waals surface area contributed by atoms with E-state index in [-0.39, 0.29) is 17.1 Å². The molecule has 0 unspecified atom stereocenters. The zero-order valence-corrected chi connectivity index (χ0v) is 12.5. The van der Waals surface area contributed by atoms with Crippen molar-refractivity contribution in [1.82, 2.24) is 4.72 Å². The third-order valence-corrected chi connectivity index (χ3v) is 4.45. The van der Waals surface area contributed by atoms with Crippen LogP contribution >= 0.6 is 0 Å². The minimum Gasteiger partial charge on any atom is -0.465 e. The number of methoxy groups -OCH3 is 1. The molecule has 1 rings (SSSR count). The number of ether oxygens (including phenoxy) is 1. The maximum Gasteiger partial charge on any atom is 0.337 e. The quantitative estimate of drug-likeness (QED) is 0.762. The highest BCUT2D eigenvalue weighted by Gasteiger charge is 2.25. The van der Waals surface area contributed by atoms with Crippen LogP contribution in [0.15, 0.2) is 29.2 Å². The number of aliphatic hydroxyl groups is 1. The van der Waals surface area contributed by atoms with Crippen LogP contribution < -0.4 is 4.72 Å². The van der Waals surface area contributed by atoms with Gasteiger partial charge >= 0.3 is 5.97 Å². The van der Waals surface area contributed by atoms with Crippen molar-refractivity contribution in [2.24, 2.45) is 0 Å². The minimum atomic E-state index is -3.70. The summed E-state index contributed by atoms with van der Waals surface area (Å²) in [5.41, 5.74) is -0.477. The van der Waals surface area contributed by atoms with E-state index in [2.05, 4.69) is 9.46 Å². The Morgan fingerprint density at radius 1 is 1.30 bits per heavy atom. The fraction of sp³-hybridized carbons (Fsp3) is 0.462. The number of esters is 1. The van der Waals surface area contributed by atoms with Crippen molar-refractivity contribution < 1.29 is 23.1 Å². The van der Waals surface area contributed by atoms with Crippen LogP contribution in [0.25, 0.3) is 0 Å². The molecule has 7 heteroatoms. The second kappa shape index (κ2) is 6.34. The molecule has 112 valence electrons. The first-order chi connectivity index (χ1) is 9.22. The molecule has 0 aromatic heterocycles. The van der Waals surface area contributed by atoms with Crippen LogP contribution in [0.1, 0.15) is 30.6 Å². The summed E-state index contributed by atoms with van der Waals surface area (Å²) in [6, 6.07) is 5.45. The molecular formula is C13H19NO5S. The van der Waals surface area contributed by atoms with Gasteiger partial charge in [-0.05, 0) is 44.5 Å². The molecule has 2 N–H and O–H groups in total. The fourth-order valence-corrected chi connectivity index (χ4v) is 3.08. The molecule has 0 bridgehead atoms. The third kappa shape index (κ3) is 4.29. The minimum absolute atomic E-state index is 0.0520. The van der Waals surface area contributed by atoms with Crippen molar-refractivity contribution in [3.8, 4) is 0 Å². The molecule has 0 aliphatic carbocycles. The van der Waals surface area contributed by atoms with E-state index in [1.165, 1.54) is 31.4 Å². The standard InChI is InChI=1S/C13H19NO5S/c1-13(2,8-9-15)14-20(17,18)11-6-4-10(5-7-11)12(16)19-3/h4-7,14-15H,8-9H2,1-3H3. The second-order valence-electron chi connectivity index (χ2n) is 4.98. The molecule has 0 radical (unpaired) electrons. The second-order valence-corrected chi connectivity index (χ2v) is 6.66. The molecule has 0 heterocycles. The van der Waals surface area contributed by atoms with E-state index in [1.54, 1.807) is 13.8 Å². The smallest absolute Gasteiger partial charge is 0.337 e. The molecule has 0 saturated carbocycles. The van der Waals surface area contributed by atoms with Crippen LogP contribution in [0.5, 0.6) is 0 Å². The van der Waals surface area contributed by atoms with E-state index in [0.29, 0.717) is 6.42 Å². The van der Waals surface area contributed by atoms with Gasteiger partial charge in [0.05, 0.1) is 17.6 Å². The van der Waals surface area contributed by atoms with Gasteiger partial charge in [0.15, 0.2) is 0 Å². The Morgan fingerprint density at radius 2 is 1.85 bits per heavy atom. The lowest BCUT2D eigenvalue weighted by atomic mass is 10.0. The van der Waals surface area contributed by atoms with Crippen molar-refractivity contribution in [1.29, 1.82) is 0 Å². The van der Waals surface area contributed by atoms with E-state index in [0.717, 1.165) is 0 Å². The van der Waals surface area contributed by atoms with Crippen molar-refractivity contribution in [2.45, 2.75) is 30.7 Å². The summed E-state index contributed by atoms with van der Waals surface area (Å²) in [4.78, 5) is 11.3. The third-order valence-electron chi connectivity index (χ3n) is 2.73. The molecule has 20 heavy (non-hydrogen) atoms. The van der Waals surface area contributed by atoms with Crippen molar-refractivity contribution in [3.05, 3.63) is 29.8 Å². The highest BCUT2D eigenvalue weighted by molar-refractivity contribution is 7.89. The monoisotopic (exact) mass is 301 g/mol. The highest BCUT2D eigenvalue weighted by atomic mass is 32.2. The Hall–Kier alpha value is -1.44. The van der Waals surface area contributed by atoms with Gasteiger partial charge < -0.3 is 9.84 Å². The molecular weight excluding hydrogens is 282 g/mol. The van der Waals surface area contributed by atoms with Gasteiger partial charge in [0.1, 0.15) is 0 Å². The number of carbonyl (C=O) groups excluding carboxylic acids is 1. The van der Waals surface area contributed by atoms with E-state index >= 15 is 0 Å². The predicted molar refractivity (Wildman–Crippen MR) is 73.9 cm³/mol. The topological polar surface area (TPSA) is 92.7 Å². The maximum atomic E-state index is 12.2. The molecule has 0 atom stereocenters. The molecule has 0 aliphatic rings. The number of nitrogens with one attached hydrogen (secondary N) is 1. The number of sulfonamides is 1. The molecule has 0 saturated heterocycles. The Morgan fingerprint density at radius 3 is 2.30 bits per heavy atom. The van der Waals surface area contributed by atoms with E-state index in [9.17, 15) is 13.2 Å². The first-order valence-electron chi connectivity index (χ1n) is 6.05. The Kier molecular flexibility index (Phi) is 5.27. The molecule has 0 amide bonds. The summed E-state index contributed by atoms with van der Waals surface area (Å²) in [5, 5.41) is 8.91. The zero-order valence-electron chi connectivity index (χ0n) is 11.7. The molecule has 0 aliphatic heterocycles. The summed E-state index contributed by atoms with van der Waals surface area (Å²) < 4.78 is 31.4. The van der Waals surface area contributed by atoms with Crippen molar-refractivity contribution in [3.63, 3.8) is 0 Å². The number of aliphatic hydroxyl groups excluding tert-OH is 1. The van der Waals surface area contributed by atoms with Gasteiger partial charge in [0.25, 0.3) is 0 Å². The number of hydrogen-bond donors (Lipinski definition) is 2. The Balaban J connectivity index is 2.96. The zero-order chi connectivity index (χ0) is 15.4. The molecule has 1 aromatic rings. The SMILES string of the molecule is COC(=O)c1ccc(S(=O)(=O)NC(C)(C)CCO)cc1. The number of rotatable bonds is 6.